The summed E-state index contributed by atoms with van der Waals surface area (Å²) >= 11 is 3.10. The van der Waals surface area contributed by atoms with Crippen molar-refractivity contribution in [3.8, 4) is 0 Å². The zero-order valence-corrected chi connectivity index (χ0v) is 10.6. The average Bonchev–Trinajstić information content (AvgIpc) is 2.17. The molecular formula is C9H11Br2NO. The second-order valence-electron chi connectivity index (χ2n) is 2.46. The third-order valence-corrected chi connectivity index (χ3v) is 2.15. The topological polar surface area (TPSA) is 30.0 Å². The fourth-order valence-electron chi connectivity index (χ4n) is 0.867. The van der Waals surface area contributed by atoms with Crippen LogP contribution in [0, 0.1) is 0 Å². The Bertz CT molecular complexity index is 271. The number of Topliss-reactive ketones (excluding diaryl/α,β-unsaturated/α-hetero) is 1. The number of aromatic nitrogens is 1. The van der Waals surface area contributed by atoms with E-state index in [1.165, 1.54) is 0 Å². The minimum atomic E-state index is 0. The fourth-order valence-corrected chi connectivity index (χ4v) is 1.15. The van der Waals surface area contributed by atoms with Gasteiger partial charge in [0.05, 0.1) is 5.33 Å². The van der Waals surface area contributed by atoms with Gasteiger partial charge >= 0.3 is 0 Å². The predicted molar refractivity (Wildman–Crippen MR) is 62.1 cm³/mol. The molecule has 1 aromatic heterocycles. The smallest absolute Gasteiger partial charge is 0.191 e. The molecule has 1 rings (SSSR count). The molecule has 0 bridgehead atoms. The molecule has 0 fully saturated rings. The van der Waals surface area contributed by atoms with Gasteiger partial charge in [0.1, 0.15) is 5.69 Å². The quantitative estimate of drug-likeness (QED) is 0.635. The summed E-state index contributed by atoms with van der Waals surface area (Å²) in [7, 11) is 0. The number of halogens is 2. The number of aryl methyl sites for hydroxylation is 1. The van der Waals surface area contributed by atoms with Gasteiger partial charge in [-0.15, -0.1) is 17.0 Å². The highest BCUT2D eigenvalue weighted by atomic mass is 79.9. The average molecular weight is 309 g/mol. The molecule has 0 aliphatic heterocycles. The van der Waals surface area contributed by atoms with Crippen LogP contribution in [0.3, 0.4) is 0 Å². The maximum absolute atomic E-state index is 11.1. The normalized spacial score (nSPS) is 9.08. The molecule has 0 radical (unpaired) electrons. The van der Waals surface area contributed by atoms with E-state index in [2.05, 4.69) is 27.8 Å². The first-order valence-corrected chi connectivity index (χ1v) is 4.94. The Morgan fingerprint density at radius 1 is 1.54 bits per heavy atom. The van der Waals surface area contributed by atoms with Gasteiger partial charge in [-0.05, 0) is 18.1 Å². The monoisotopic (exact) mass is 307 g/mol. The molecule has 1 aromatic rings. The van der Waals surface area contributed by atoms with Gasteiger partial charge in [0.15, 0.2) is 5.78 Å². The molecule has 0 spiro atoms. The first kappa shape index (κ1) is 12.8. The highest BCUT2D eigenvalue weighted by molar-refractivity contribution is 9.09. The molecule has 0 aliphatic rings. The van der Waals surface area contributed by atoms with Gasteiger partial charge in [-0.3, -0.25) is 9.78 Å². The molecule has 0 N–H and O–H groups in total. The van der Waals surface area contributed by atoms with Gasteiger partial charge in [-0.1, -0.05) is 28.9 Å². The summed E-state index contributed by atoms with van der Waals surface area (Å²) in [5.41, 5.74) is 1.69. The fraction of sp³-hybridized carbons (Fsp3) is 0.333. The van der Waals surface area contributed by atoms with Gasteiger partial charge in [0, 0.05) is 6.20 Å². The first-order chi connectivity index (χ1) is 5.77. The Kier molecular flexibility index (Phi) is 6.16. The number of ketones is 1. The van der Waals surface area contributed by atoms with Crippen molar-refractivity contribution in [3.05, 3.63) is 29.6 Å². The van der Waals surface area contributed by atoms with Crippen LogP contribution in [-0.4, -0.2) is 16.1 Å². The van der Waals surface area contributed by atoms with Crippen molar-refractivity contribution in [1.82, 2.24) is 4.98 Å². The molecule has 0 amide bonds. The van der Waals surface area contributed by atoms with E-state index in [0.29, 0.717) is 11.0 Å². The molecule has 13 heavy (non-hydrogen) atoms. The summed E-state index contributed by atoms with van der Waals surface area (Å²) in [5, 5.41) is 0.339. The van der Waals surface area contributed by atoms with Crippen LogP contribution < -0.4 is 0 Å². The lowest BCUT2D eigenvalue weighted by atomic mass is 10.2. The summed E-state index contributed by atoms with van der Waals surface area (Å²) < 4.78 is 0. The van der Waals surface area contributed by atoms with Crippen LogP contribution in [0.2, 0.25) is 0 Å². The molecule has 0 saturated heterocycles. The Balaban J connectivity index is 0.00000144. The Hall–Kier alpha value is -0.220. The van der Waals surface area contributed by atoms with Crippen LogP contribution in [0.5, 0.6) is 0 Å². The second kappa shape index (κ2) is 6.27. The van der Waals surface area contributed by atoms with E-state index in [1.807, 2.05) is 6.07 Å². The van der Waals surface area contributed by atoms with E-state index in [1.54, 1.807) is 12.3 Å². The summed E-state index contributed by atoms with van der Waals surface area (Å²) in [6.45, 7) is 2.06. The molecule has 0 aliphatic carbocycles. The number of hydrogen-bond acceptors (Lipinski definition) is 2. The van der Waals surface area contributed by atoms with Crippen LogP contribution in [0.4, 0.5) is 0 Å². The molecule has 0 aromatic carbocycles. The van der Waals surface area contributed by atoms with Crippen LogP contribution in [-0.2, 0) is 6.42 Å². The number of nitrogens with zero attached hydrogens (tertiary/aromatic N) is 1. The number of pyridine rings is 1. The molecule has 0 atom stereocenters. The molecule has 2 nitrogen and oxygen atoms in total. The van der Waals surface area contributed by atoms with Crippen molar-refractivity contribution in [2.24, 2.45) is 0 Å². The minimum absolute atomic E-state index is 0. The largest absolute Gasteiger partial charge is 0.291 e. The number of carbonyl (C=O) groups is 1. The van der Waals surface area contributed by atoms with Crippen molar-refractivity contribution >= 4 is 38.7 Å². The highest BCUT2D eigenvalue weighted by Gasteiger charge is 2.03. The highest BCUT2D eigenvalue weighted by Crippen LogP contribution is 2.02. The summed E-state index contributed by atoms with van der Waals surface area (Å²) in [6.07, 6.45) is 2.70. The van der Waals surface area contributed by atoms with E-state index in [0.717, 1.165) is 12.0 Å². The maximum atomic E-state index is 11.1. The second-order valence-corrected chi connectivity index (χ2v) is 3.02. The van der Waals surface area contributed by atoms with Crippen LogP contribution in [0.25, 0.3) is 0 Å². The molecule has 0 saturated carbocycles. The van der Waals surface area contributed by atoms with Crippen LogP contribution >= 0.6 is 32.9 Å². The molecule has 1 heterocycles. The standard InChI is InChI=1S/C9H10BrNO.BrH/c1-2-7-3-4-8(11-6-7)9(12)5-10;/h3-4,6H,2,5H2,1H3;1H. The van der Waals surface area contributed by atoms with E-state index in [4.69, 9.17) is 0 Å². The first-order valence-electron chi connectivity index (χ1n) is 3.82. The lowest BCUT2D eigenvalue weighted by Gasteiger charge is -1.97. The molecule has 72 valence electrons. The van der Waals surface area contributed by atoms with Gasteiger partial charge in [0.25, 0.3) is 0 Å². The summed E-state index contributed by atoms with van der Waals surface area (Å²) in [5.74, 6) is 0.0256. The van der Waals surface area contributed by atoms with Crippen molar-refractivity contribution in [1.29, 1.82) is 0 Å². The Morgan fingerprint density at radius 3 is 2.62 bits per heavy atom. The molecular weight excluding hydrogens is 298 g/mol. The third kappa shape index (κ3) is 3.56. The van der Waals surface area contributed by atoms with E-state index in [9.17, 15) is 4.79 Å². The summed E-state index contributed by atoms with van der Waals surface area (Å²) in [4.78, 5) is 15.1. The summed E-state index contributed by atoms with van der Waals surface area (Å²) in [6, 6.07) is 3.70. The van der Waals surface area contributed by atoms with Crippen LogP contribution in [0.1, 0.15) is 23.0 Å². The lowest BCUT2D eigenvalue weighted by molar-refractivity contribution is 0.101. The van der Waals surface area contributed by atoms with Gasteiger partial charge in [-0.25, -0.2) is 0 Å². The molecule has 0 unspecified atom stereocenters. The number of carbonyl (C=O) groups excluding carboxylic acids is 1. The van der Waals surface area contributed by atoms with Gasteiger partial charge in [-0.2, -0.15) is 0 Å². The zero-order valence-electron chi connectivity index (χ0n) is 7.29. The van der Waals surface area contributed by atoms with Gasteiger partial charge in [0.2, 0.25) is 0 Å². The van der Waals surface area contributed by atoms with Crippen molar-refractivity contribution in [2.45, 2.75) is 13.3 Å². The SMILES string of the molecule is Br.CCc1ccc(C(=O)CBr)nc1. The predicted octanol–water partition coefficient (Wildman–Crippen LogP) is 2.80. The van der Waals surface area contributed by atoms with Crippen molar-refractivity contribution < 1.29 is 4.79 Å². The molecule has 4 heteroatoms. The van der Waals surface area contributed by atoms with E-state index >= 15 is 0 Å². The van der Waals surface area contributed by atoms with E-state index in [-0.39, 0.29) is 22.8 Å². The number of hydrogen-bond donors (Lipinski definition) is 0. The van der Waals surface area contributed by atoms with Crippen molar-refractivity contribution in [3.63, 3.8) is 0 Å². The number of rotatable bonds is 3. The Morgan fingerprint density at radius 2 is 2.23 bits per heavy atom. The van der Waals surface area contributed by atoms with Crippen LogP contribution in [0.15, 0.2) is 18.3 Å². The van der Waals surface area contributed by atoms with Crippen molar-refractivity contribution in [2.75, 3.05) is 5.33 Å². The lowest BCUT2D eigenvalue weighted by Crippen LogP contribution is -2.02. The maximum Gasteiger partial charge on any atom is 0.191 e. The van der Waals surface area contributed by atoms with E-state index < -0.39 is 0 Å². The Labute approximate surface area is 96.7 Å². The third-order valence-electron chi connectivity index (χ3n) is 1.64. The van der Waals surface area contributed by atoms with Gasteiger partial charge < -0.3 is 0 Å². The minimum Gasteiger partial charge on any atom is -0.291 e. The zero-order chi connectivity index (χ0) is 8.97. The number of alkyl halides is 1.